The highest BCUT2D eigenvalue weighted by Crippen LogP contribution is 2.43. The number of benzene rings is 2. The number of pyridine rings is 1. The van der Waals surface area contributed by atoms with Gasteiger partial charge >= 0.3 is 0 Å². The molecule has 1 saturated heterocycles. The van der Waals surface area contributed by atoms with Crippen LogP contribution in [0.25, 0.3) is 0 Å². The Labute approximate surface area is 207 Å². The van der Waals surface area contributed by atoms with Crippen LogP contribution in [-0.4, -0.2) is 22.6 Å². The topological polar surface area (TPSA) is 66.5 Å². The molecule has 0 saturated carbocycles. The number of aromatic nitrogens is 1. The van der Waals surface area contributed by atoms with Gasteiger partial charge in [-0.15, -0.1) is 11.3 Å². The van der Waals surface area contributed by atoms with E-state index < -0.39 is 0 Å². The van der Waals surface area contributed by atoms with Crippen LogP contribution in [0.4, 0.5) is 11.4 Å². The van der Waals surface area contributed by atoms with Crippen LogP contribution < -0.4 is 20.3 Å². The third-order valence-electron chi connectivity index (χ3n) is 5.48. The summed E-state index contributed by atoms with van der Waals surface area (Å²) in [6, 6.07) is 26.9. The lowest BCUT2D eigenvalue weighted by molar-refractivity contribution is -0.118. The van der Waals surface area contributed by atoms with Gasteiger partial charge in [0.25, 0.3) is 5.91 Å². The molecule has 2 aromatic heterocycles. The first-order chi connectivity index (χ1) is 16.7. The molecular weight excluding hydrogens is 464 g/mol. The monoisotopic (exact) mass is 486 g/mol. The smallest absolute Gasteiger partial charge is 0.262 e. The summed E-state index contributed by atoms with van der Waals surface area (Å²) in [6.07, 6.45) is 1.80. The molecule has 8 heteroatoms. The Morgan fingerprint density at radius 1 is 1.03 bits per heavy atom. The summed E-state index contributed by atoms with van der Waals surface area (Å²) >= 11 is 7.43. The zero-order valence-corrected chi connectivity index (χ0v) is 19.8. The molecule has 0 unspecified atom stereocenters. The van der Waals surface area contributed by atoms with Gasteiger partial charge in [-0.3, -0.25) is 9.78 Å². The number of amides is 1. The molecular formula is C26H22N4O2S2. The molecule has 2 N–H and O–H groups in total. The number of thiophene rings is 1. The summed E-state index contributed by atoms with van der Waals surface area (Å²) in [5.74, 6) is 0.437. The van der Waals surface area contributed by atoms with Crippen LogP contribution in [0, 0.1) is 0 Å². The minimum Gasteiger partial charge on any atom is -0.484 e. The van der Waals surface area contributed by atoms with Gasteiger partial charge in [0.05, 0.1) is 17.8 Å². The number of carbonyl (C=O) groups excluding carboxylic acids is 1. The molecule has 1 amide bonds. The quantitative estimate of drug-likeness (QED) is 0.344. The van der Waals surface area contributed by atoms with E-state index in [1.807, 2.05) is 78.9 Å². The fourth-order valence-corrected chi connectivity index (χ4v) is 5.15. The van der Waals surface area contributed by atoms with Gasteiger partial charge in [0.2, 0.25) is 0 Å². The number of anilines is 2. The molecule has 1 fully saturated rings. The normalized spacial score (nSPS) is 17.3. The first-order valence-electron chi connectivity index (χ1n) is 10.8. The molecule has 1 aliphatic rings. The number of rotatable bonds is 7. The Morgan fingerprint density at radius 3 is 2.53 bits per heavy atom. The van der Waals surface area contributed by atoms with Gasteiger partial charge in [0.1, 0.15) is 5.75 Å². The van der Waals surface area contributed by atoms with Crippen LogP contribution >= 0.6 is 23.6 Å². The van der Waals surface area contributed by atoms with E-state index in [-0.39, 0.29) is 24.6 Å². The predicted octanol–water partition coefficient (Wildman–Crippen LogP) is 5.34. The average Bonchev–Trinajstić information content (AvgIpc) is 3.52. The van der Waals surface area contributed by atoms with E-state index in [1.54, 1.807) is 17.5 Å². The van der Waals surface area contributed by atoms with Gasteiger partial charge in [-0.2, -0.15) is 0 Å². The van der Waals surface area contributed by atoms with Crippen molar-refractivity contribution in [3.05, 3.63) is 107 Å². The van der Waals surface area contributed by atoms with Gasteiger partial charge in [0, 0.05) is 22.4 Å². The van der Waals surface area contributed by atoms with Crippen molar-refractivity contribution in [3.63, 3.8) is 0 Å². The standard InChI is InChI=1S/C26H22N4O2S2/c31-23(17-32-20-7-2-1-3-8-20)28-18-11-13-19(14-12-18)30-25(22-10-6-16-34-22)24(29-26(30)33)21-9-4-5-15-27-21/h1-16,24-25H,17H2,(H,28,31)(H,29,33)/t24-,25+/m1/s1. The van der Waals surface area contributed by atoms with Crippen molar-refractivity contribution in [1.82, 2.24) is 10.3 Å². The molecule has 0 bridgehead atoms. The second-order valence-electron chi connectivity index (χ2n) is 7.71. The van der Waals surface area contributed by atoms with Crippen molar-refractivity contribution in [2.75, 3.05) is 16.8 Å². The fraction of sp³-hybridized carbons (Fsp3) is 0.115. The SMILES string of the molecule is O=C(COc1ccccc1)Nc1ccc(N2C(=S)N[C@H](c3ccccn3)[C@@H]2c2cccs2)cc1. The summed E-state index contributed by atoms with van der Waals surface area (Å²) in [5, 5.41) is 9.04. The van der Waals surface area contributed by atoms with E-state index >= 15 is 0 Å². The van der Waals surface area contributed by atoms with Crippen LogP contribution in [0.3, 0.4) is 0 Å². The van der Waals surface area contributed by atoms with E-state index in [4.69, 9.17) is 17.0 Å². The average molecular weight is 487 g/mol. The lowest BCUT2D eigenvalue weighted by Crippen LogP contribution is -2.29. The maximum absolute atomic E-state index is 12.3. The van der Waals surface area contributed by atoms with Crippen LogP contribution in [-0.2, 0) is 4.79 Å². The van der Waals surface area contributed by atoms with E-state index in [2.05, 4.69) is 32.0 Å². The number of ether oxygens (including phenoxy) is 1. The molecule has 2 aromatic carbocycles. The van der Waals surface area contributed by atoms with Crippen molar-refractivity contribution in [2.45, 2.75) is 12.1 Å². The summed E-state index contributed by atoms with van der Waals surface area (Å²) in [7, 11) is 0. The Bertz CT molecular complexity index is 1250. The van der Waals surface area contributed by atoms with Crippen molar-refractivity contribution in [2.24, 2.45) is 0 Å². The Kier molecular flexibility index (Phi) is 6.51. The van der Waals surface area contributed by atoms with E-state index in [9.17, 15) is 4.79 Å². The van der Waals surface area contributed by atoms with Gasteiger partial charge < -0.3 is 20.3 Å². The number of thiocarbonyl (C=S) groups is 1. The lowest BCUT2D eigenvalue weighted by Gasteiger charge is -2.27. The van der Waals surface area contributed by atoms with Gasteiger partial charge in [0.15, 0.2) is 11.7 Å². The van der Waals surface area contributed by atoms with Gasteiger partial charge in [-0.05, 0) is 72.2 Å². The Balaban J connectivity index is 1.32. The largest absolute Gasteiger partial charge is 0.484 e. The predicted molar refractivity (Wildman–Crippen MR) is 139 cm³/mol. The molecule has 5 rings (SSSR count). The van der Waals surface area contributed by atoms with Crippen molar-refractivity contribution in [1.29, 1.82) is 0 Å². The summed E-state index contributed by atoms with van der Waals surface area (Å²) in [4.78, 5) is 20.2. The molecule has 0 radical (unpaired) electrons. The molecule has 34 heavy (non-hydrogen) atoms. The van der Waals surface area contributed by atoms with Crippen LogP contribution in [0.1, 0.15) is 22.7 Å². The highest BCUT2D eigenvalue weighted by molar-refractivity contribution is 7.80. The fourth-order valence-electron chi connectivity index (χ4n) is 3.95. The first kappa shape index (κ1) is 22.1. The molecule has 0 spiro atoms. The molecule has 170 valence electrons. The molecule has 2 atom stereocenters. The van der Waals surface area contributed by atoms with Crippen molar-refractivity contribution >= 4 is 45.9 Å². The van der Waals surface area contributed by atoms with E-state index in [0.717, 1.165) is 11.4 Å². The highest BCUT2D eigenvalue weighted by Gasteiger charge is 2.41. The zero-order chi connectivity index (χ0) is 23.3. The van der Waals surface area contributed by atoms with E-state index in [1.165, 1.54) is 4.88 Å². The summed E-state index contributed by atoms with van der Waals surface area (Å²) < 4.78 is 5.52. The van der Waals surface area contributed by atoms with Crippen molar-refractivity contribution in [3.8, 4) is 5.75 Å². The van der Waals surface area contributed by atoms with Crippen molar-refractivity contribution < 1.29 is 9.53 Å². The molecule has 4 aromatic rings. The van der Waals surface area contributed by atoms with E-state index in [0.29, 0.717) is 16.5 Å². The number of nitrogens with zero attached hydrogens (tertiary/aromatic N) is 2. The van der Waals surface area contributed by atoms with Gasteiger partial charge in [-0.1, -0.05) is 30.3 Å². The second kappa shape index (κ2) is 10.0. The zero-order valence-electron chi connectivity index (χ0n) is 18.1. The highest BCUT2D eigenvalue weighted by atomic mass is 32.1. The Morgan fingerprint density at radius 2 is 1.82 bits per heavy atom. The third kappa shape index (κ3) is 4.78. The minimum atomic E-state index is -0.221. The summed E-state index contributed by atoms with van der Waals surface area (Å²) in [5.41, 5.74) is 2.57. The second-order valence-corrected chi connectivity index (χ2v) is 9.07. The third-order valence-corrected chi connectivity index (χ3v) is 6.73. The first-order valence-corrected chi connectivity index (χ1v) is 12.1. The molecule has 0 aliphatic carbocycles. The van der Waals surface area contributed by atoms with Crippen LogP contribution in [0.5, 0.6) is 5.75 Å². The number of para-hydroxylation sites is 1. The van der Waals surface area contributed by atoms with Gasteiger partial charge in [-0.25, -0.2) is 0 Å². The number of nitrogens with one attached hydrogen (secondary N) is 2. The lowest BCUT2D eigenvalue weighted by atomic mass is 10.0. The minimum absolute atomic E-state index is 0.0258. The molecule has 1 aliphatic heterocycles. The number of hydrogen-bond donors (Lipinski definition) is 2. The molecule has 6 nitrogen and oxygen atoms in total. The van der Waals surface area contributed by atoms with Crippen LogP contribution in [0.2, 0.25) is 0 Å². The number of carbonyl (C=O) groups is 1. The summed E-state index contributed by atoms with van der Waals surface area (Å²) in [6.45, 7) is -0.0574. The number of hydrogen-bond acceptors (Lipinski definition) is 5. The maximum atomic E-state index is 12.3. The molecule has 3 heterocycles. The Hall–Kier alpha value is -3.75. The van der Waals surface area contributed by atoms with Crippen LogP contribution in [0.15, 0.2) is 96.5 Å². The maximum Gasteiger partial charge on any atom is 0.262 e.